The summed E-state index contributed by atoms with van der Waals surface area (Å²) in [4.78, 5) is 26.9. The molecule has 0 spiro atoms. The molecule has 1 aromatic heterocycles. The molecule has 0 aliphatic carbocycles. The first-order valence-corrected chi connectivity index (χ1v) is 9.71. The minimum absolute atomic E-state index is 0.0888. The van der Waals surface area contributed by atoms with Crippen LogP contribution in [0.4, 0.5) is 0 Å². The highest BCUT2D eigenvalue weighted by molar-refractivity contribution is 6.30. The lowest BCUT2D eigenvalue weighted by molar-refractivity contribution is -0.149. The summed E-state index contributed by atoms with van der Waals surface area (Å²) in [6.45, 7) is 5.17. The van der Waals surface area contributed by atoms with Crippen molar-refractivity contribution in [1.82, 2.24) is 14.7 Å². The molecule has 1 aromatic carbocycles. The lowest BCUT2D eigenvalue weighted by atomic mass is 9.97. The van der Waals surface area contributed by atoms with E-state index in [1.165, 1.54) is 0 Å². The van der Waals surface area contributed by atoms with Gasteiger partial charge in [0.25, 0.3) is 5.91 Å². The van der Waals surface area contributed by atoms with Gasteiger partial charge in [-0.05, 0) is 44.4 Å². The Hall–Kier alpha value is -2.34. The van der Waals surface area contributed by atoms with Crippen molar-refractivity contribution in [3.8, 4) is 5.69 Å². The molecule has 27 heavy (non-hydrogen) atoms. The number of hydrogen-bond acceptors (Lipinski definition) is 4. The maximum absolute atomic E-state index is 13.1. The number of benzene rings is 1. The van der Waals surface area contributed by atoms with Crippen molar-refractivity contribution < 1.29 is 14.3 Å². The van der Waals surface area contributed by atoms with Crippen LogP contribution in [-0.4, -0.2) is 46.3 Å². The number of likely N-dealkylation sites (tertiary alicyclic amines) is 1. The van der Waals surface area contributed by atoms with Gasteiger partial charge in [-0.15, -0.1) is 0 Å². The van der Waals surface area contributed by atoms with Crippen LogP contribution in [-0.2, 0) is 16.0 Å². The zero-order valence-corrected chi connectivity index (χ0v) is 16.4. The van der Waals surface area contributed by atoms with Crippen molar-refractivity contribution in [2.75, 3.05) is 19.7 Å². The molecule has 0 radical (unpaired) electrons. The molecule has 2 heterocycles. The number of ether oxygens (including phenoxy) is 1. The molecule has 0 saturated carbocycles. The van der Waals surface area contributed by atoms with Crippen molar-refractivity contribution in [2.24, 2.45) is 5.92 Å². The van der Waals surface area contributed by atoms with Gasteiger partial charge >= 0.3 is 5.97 Å². The van der Waals surface area contributed by atoms with Gasteiger partial charge in [0.15, 0.2) is 0 Å². The topological polar surface area (TPSA) is 64.4 Å². The van der Waals surface area contributed by atoms with Gasteiger partial charge in [0.1, 0.15) is 0 Å². The van der Waals surface area contributed by atoms with E-state index in [0.717, 1.165) is 24.2 Å². The van der Waals surface area contributed by atoms with E-state index in [-0.39, 0.29) is 17.8 Å². The van der Waals surface area contributed by atoms with Crippen LogP contribution in [0.1, 0.15) is 42.7 Å². The Morgan fingerprint density at radius 1 is 1.33 bits per heavy atom. The minimum Gasteiger partial charge on any atom is -0.466 e. The molecule has 1 saturated heterocycles. The second kappa shape index (κ2) is 8.57. The number of amides is 1. The molecule has 3 rings (SSSR count). The van der Waals surface area contributed by atoms with Gasteiger partial charge in [-0.25, -0.2) is 4.68 Å². The van der Waals surface area contributed by atoms with E-state index >= 15 is 0 Å². The Kier molecular flexibility index (Phi) is 6.16. The third-order valence-electron chi connectivity index (χ3n) is 4.82. The van der Waals surface area contributed by atoms with E-state index in [4.69, 9.17) is 16.3 Å². The Morgan fingerprint density at radius 3 is 2.85 bits per heavy atom. The second-order valence-electron chi connectivity index (χ2n) is 6.59. The first-order valence-electron chi connectivity index (χ1n) is 9.33. The molecule has 0 bridgehead atoms. The van der Waals surface area contributed by atoms with Crippen LogP contribution in [0.25, 0.3) is 5.69 Å². The number of hydrogen-bond donors (Lipinski definition) is 0. The van der Waals surface area contributed by atoms with Crippen molar-refractivity contribution in [3.05, 3.63) is 46.7 Å². The van der Waals surface area contributed by atoms with Gasteiger partial charge in [0.2, 0.25) is 0 Å². The standard InChI is InChI=1S/C20H24ClN3O3/c1-3-18-17(12-22-24(18)16-9-5-8-15(21)11-16)19(25)23-10-6-7-14(13-23)20(26)27-4-2/h5,8-9,11-12,14H,3-4,6-7,10,13H2,1-2H3. The number of nitrogens with zero attached hydrogens (tertiary/aromatic N) is 3. The number of rotatable bonds is 5. The van der Waals surface area contributed by atoms with Crippen LogP contribution in [0.2, 0.25) is 5.02 Å². The fourth-order valence-corrected chi connectivity index (χ4v) is 3.69. The maximum atomic E-state index is 13.1. The number of esters is 1. The summed E-state index contributed by atoms with van der Waals surface area (Å²) in [5.41, 5.74) is 2.23. The molecule has 0 N–H and O–H groups in total. The van der Waals surface area contributed by atoms with Gasteiger partial charge in [-0.2, -0.15) is 5.10 Å². The fraction of sp³-hybridized carbons (Fsp3) is 0.450. The average Bonchev–Trinajstić information content (AvgIpc) is 3.11. The Bertz CT molecular complexity index is 834. The smallest absolute Gasteiger partial charge is 0.310 e. The summed E-state index contributed by atoms with van der Waals surface area (Å²) in [6, 6.07) is 7.38. The fourth-order valence-electron chi connectivity index (χ4n) is 3.51. The quantitative estimate of drug-likeness (QED) is 0.734. The number of carbonyl (C=O) groups is 2. The third-order valence-corrected chi connectivity index (χ3v) is 5.05. The van der Waals surface area contributed by atoms with E-state index in [2.05, 4.69) is 5.10 Å². The molecule has 2 aromatic rings. The summed E-state index contributed by atoms with van der Waals surface area (Å²) in [7, 11) is 0. The highest BCUT2D eigenvalue weighted by Crippen LogP contribution is 2.23. The average molecular weight is 390 g/mol. The Morgan fingerprint density at radius 2 is 2.15 bits per heavy atom. The van der Waals surface area contributed by atoms with E-state index in [1.54, 1.807) is 28.8 Å². The molecule has 1 aliphatic rings. The maximum Gasteiger partial charge on any atom is 0.310 e. The zero-order valence-electron chi connectivity index (χ0n) is 15.7. The second-order valence-corrected chi connectivity index (χ2v) is 7.03. The van der Waals surface area contributed by atoms with Crippen molar-refractivity contribution in [2.45, 2.75) is 33.1 Å². The molecule has 144 valence electrons. The van der Waals surface area contributed by atoms with E-state index in [1.807, 2.05) is 25.1 Å². The lowest BCUT2D eigenvalue weighted by Crippen LogP contribution is -2.43. The lowest BCUT2D eigenvalue weighted by Gasteiger charge is -2.31. The monoisotopic (exact) mass is 389 g/mol. The molecular weight excluding hydrogens is 366 g/mol. The van der Waals surface area contributed by atoms with Crippen molar-refractivity contribution in [3.63, 3.8) is 0 Å². The Labute approximate surface area is 164 Å². The van der Waals surface area contributed by atoms with Gasteiger partial charge in [-0.1, -0.05) is 24.6 Å². The SMILES string of the molecule is CCOC(=O)C1CCCN(C(=O)c2cnn(-c3cccc(Cl)c3)c2CC)C1. The molecule has 7 heteroatoms. The Balaban J connectivity index is 1.84. The summed E-state index contributed by atoms with van der Waals surface area (Å²) >= 11 is 6.09. The number of halogens is 1. The normalized spacial score (nSPS) is 17.0. The highest BCUT2D eigenvalue weighted by Gasteiger charge is 2.31. The molecule has 1 fully saturated rings. The summed E-state index contributed by atoms with van der Waals surface area (Å²) in [6.07, 6.45) is 3.81. The number of piperidine rings is 1. The van der Waals surface area contributed by atoms with E-state index in [0.29, 0.717) is 36.7 Å². The van der Waals surface area contributed by atoms with E-state index in [9.17, 15) is 9.59 Å². The van der Waals surface area contributed by atoms with Crippen LogP contribution < -0.4 is 0 Å². The van der Waals surface area contributed by atoms with Crippen LogP contribution >= 0.6 is 11.6 Å². The van der Waals surface area contributed by atoms with Gasteiger partial charge in [0.05, 0.1) is 35.7 Å². The highest BCUT2D eigenvalue weighted by atomic mass is 35.5. The van der Waals surface area contributed by atoms with Crippen LogP contribution in [0.15, 0.2) is 30.5 Å². The van der Waals surface area contributed by atoms with Crippen LogP contribution in [0.5, 0.6) is 0 Å². The molecular formula is C20H24ClN3O3. The van der Waals surface area contributed by atoms with Gasteiger partial charge in [0, 0.05) is 18.1 Å². The first-order chi connectivity index (χ1) is 13.0. The van der Waals surface area contributed by atoms with Crippen molar-refractivity contribution in [1.29, 1.82) is 0 Å². The molecule has 6 nitrogen and oxygen atoms in total. The van der Waals surface area contributed by atoms with Crippen LogP contribution in [0, 0.1) is 5.92 Å². The predicted molar refractivity (Wildman–Crippen MR) is 103 cm³/mol. The van der Waals surface area contributed by atoms with E-state index < -0.39 is 0 Å². The molecule has 1 atom stereocenters. The number of carbonyl (C=O) groups excluding carboxylic acids is 2. The largest absolute Gasteiger partial charge is 0.466 e. The summed E-state index contributed by atoms with van der Waals surface area (Å²) < 4.78 is 6.88. The zero-order chi connectivity index (χ0) is 19.4. The summed E-state index contributed by atoms with van der Waals surface area (Å²) in [5.74, 6) is -0.565. The number of aromatic nitrogens is 2. The minimum atomic E-state index is -0.254. The van der Waals surface area contributed by atoms with Crippen molar-refractivity contribution >= 4 is 23.5 Å². The van der Waals surface area contributed by atoms with Gasteiger partial charge in [-0.3, -0.25) is 9.59 Å². The summed E-state index contributed by atoms with van der Waals surface area (Å²) in [5, 5.41) is 5.03. The van der Waals surface area contributed by atoms with Gasteiger partial charge < -0.3 is 9.64 Å². The van der Waals surface area contributed by atoms with Crippen LogP contribution in [0.3, 0.4) is 0 Å². The molecule has 1 unspecified atom stereocenters. The predicted octanol–water partition coefficient (Wildman–Crippen LogP) is 3.50. The molecule has 1 amide bonds. The third kappa shape index (κ3) is 4.16. The molecule has 1 aliphatic heterocycles. The first kappa shape index (κ1) is 19.4.